The highest BCUT2D eigenvalue weighted by Crippen LogP contribution is 1.83. The molecule has 0 rings (SSSR count). The van der Waals surface area contributed by atoms with Crippen LogP contribution >= 0.6 is 0 Å². The highest BCUT2D eigenvalue weighted by molar-refractivity contribution is 5.56. The fourth-order valence-corrected chi connectivity index (χ4v) is 0.341. The Morgan fingerprint density at radius 2 is 2.44 bits per heavy atom. The van der Waals surface area contributed by atoms with E-state index in [1.165, 1.54) is 0 Å². The van der Waals surface area contributed by atoms with Crippen LogP contribution in [0.1, 0.15) is 26.2 Å². The summed E-state index contributed by atoms with van der Waals surface area (Å²) in [6.07, 6.45) is 4.56. The summed E-state index contributed by atoms with van der Waals surface area (Å²) >= 11 is 0. The van der Waals surface area contributed by atoms with E-state index in [-0.39, 0.29) is 0 Å². The molecule has 0 N–H and O–H groups in total. The lowest BCUT2D eigenvalue weighted by Crippen LogP contribution is -1.84. The van der Waals surface area contributed by atoms with Crippen molar-refractivity contribution in [2.75, 3.05) is 6.61 Å². The van der Waals surface area contributed by atoms with Gasteiger partial charge in [-0.05, 0) is 19.3 Å². The molecule has 2 heteroatoms. The third-order valence-electron chi connectivity index (χ3n) is 0.778. The van der Waals surface area contributed by atoms with Gasteiger partial charge in [-0.25, -0.2) is 0 Å². The van der Waals surface area contributed by atoms with Gasteiger partial charge in [-0.15, -0.1) is 0 Å². The molecule has 0 heterocycles. The summed E-state index contributed by atoms with van der Waals surface area (Å²) in [6.45, 7) is 6.43. The lowest BCUT2D eigenvalue weighted by molar-refractivity contribution is 0.146. The molecular weight excluding hydrogens is 114 g/mol. The zero-order valence-corrected chi connectivity index (χ0v) is 5.97. The first-order chi connectivity index (χ1) is 4.41. The van der Waals surface area contributed by atoms with E-state index in [4.69, 9.17) is 4.84 Å². The summed E-state index contributed by atoms with van der Waals surface area (Å²) in [6, 6.07) is 0. The Labute approximate surface area is 56.9 Å². The number of hydrogen-bond acceptors (Lipinski definition) is 2. The minimum absolute atomic E-state index is 0.716. The van der Waals surface area contributed by atoms with Crippen LogP contribution in [-0.2, 0) is 4.84 Å². The third-order valence-corrected chi connectivity index (χ3v) is 0.778. The van der Waals surface area contributed by atoms with Gasteiger partial charge in [-0.1, -0.05) is 19.0 Å². The van der Waals surface area contributed by atoms with Crippen molar-refractivity contribution in [2.24, 2.45) is 5.16 Å². The topological polar surface area (TPSA) is 21.6 Å². The Kier molecular flexibility index (Phi) is 7.03. The quantitative estimate of drug-likeness (QED) is 0.315. The van der Waals surface area contributed by atoms with Crippen LogP contribution in [0, 0.1) is 6.92 Å². The highest BCUT2D eigenvalue weighted by atomic mass is 16.6. The molecule has 0 aromatic carbocycles. The second-order valence-corrected chi connectivity index (χ2v) is 1.76. The summed E-state index contributed by atoms with van der Waals surface area (Å²) in [5, 5.41) is 3.69. The van der Waals surface area contributed by atoms with Gasteiger partial charge in [-0.3, -0.25) is 0 Å². The van der Waals surface area contributed by atoms with E-state index in [0.717, 1.165) is 19.3 Å². The molecule has 0 unspecified atom stereocenters. The van der Waals surface area contributed by atoms with Crippen LogP contribution in [0.4, 0.5) is 0 Å². The summed E-state index contributed by atoms with van der Waals surface area (Å²) < 4.78 is 0. The molecule has 0 spiro atoms. The summed E-state index contributed by atoms with van der Waals surface area (Å²) in [5.74, 6) is 0. The van der Waals surface area contributed by atoms with Crippen molar-refractivity contribution in [1.29, 1.82) is 0 Å². The van der Waals surface area contributed by atoms with Crippen molar-refractivity contribution in [3.8, 4) is 0 Å². The van der Waals surface area contributed by atoms with Crippen molar-refractivity contribution in [2.45, 2.75) is 26.2 Å². The van der Waals surface area contributed by atoms with E-state index in [0.29, 0.717) is 6.61 Å². The first-order valence-electron chi connectivity index (χ1n) is 3.34. The van der Waals surface area contributed by atoms with Crippen LogP contribution in [0.2, 0.25) is 0 Å². The maximum absolute atomic E-state index is 4.83. The summed E-state index contributed by atoms with van der Waals surface area (Å²) in [5.41, 5.74) is 0. The summed E-state index contributed by atoms with van der Waals surface area (Å²) in [4.78, 5) is 4.83. The SMILES string of the molecule is [CH2]CCC=NOCCC. The average Bonchev–Trinajstić information content (AvgIpc) is 1.89. The van der Waals surface area contributed by atoms with Crippen LogP contribution in [0.3, 0.4) is 0 Å². The van der Waals surface area contributed by atoms with Gasteiger partial charge in [0, 0.05) is 6.21 Å². The average molecular weight is 128 g/mol. The standard InChI is InChI=1S/C7H14NO/c1-3-5-6-8-9-7-4-2/h6H,1,3-5,7H2,2H3. The van der Waals surface area contributed by atoms with E-state index in [9.17, 15) is 0 Å². The Morgan fingerprint density at radius 3 is 3.00 bits per heavy atom. The zero-order chi connectivity index (χ0) is 6.95. The number of hydrogen-bond donors (Lipinski definition) is 0. The molecule has 0 aromatic rings. The molecule has 0 atom stereocenters. The van der Waals surface area contributed by atoms with Gasteiger partial charge in [0.15, 0.2) is 0 Å². The molecule has 0 aliphatic carbocycles. The summed E-state index contributed by atoms with van der Waals surface area (Å²) in [7, 11) is 0. The van der Waals surface area contributed by atoms with E-state index in [1.807, 2.05) is 0 Å². The van der Waals surface area contributed by atoms with Crippen LogP contribution in [0.5, 0.6) is 0 Å². The van der Waals surface area contributed by atoms with Crippen molar-refractivity contribution in [1.82, 2.24) is 0 Å². The largest absolute Gasteiger partial charge is 0.396 e. The fourth-order valence-electron chi connectivity index (χ4n) is 0.341. The minimum atomic E-state index is 0.716. The molecule has 0 bridgehead atoms. The highest BCUT2D eigenvalue weighted by Gasteiger charge is 1.76. The predicted octanol–water partition coefficient (Wildman–Crippen LogP) is 2.01. The van der Waals surface area contributed by atoms with Gasteiger partial charge in [0.25, 0.3) is 0 Å². The first kappa shape index (κ1) is 8.47. The van der Waals surface area contributed by atoms with Gasteiger partial charge in [0.1, 0.15) is 6.61 Å². The van der Waals surface area contributed by atoms with Crippen molar-refractivity contribution in [3.05, 3.63) is 6.92 Å². The molecule has 0 saturated heterocycles. The minimum Gasteiger partial charge on any atom is -0.396 e. The molecule has 53 valence electrons. The van der Waals surface area contributed by atoms with Crippen LogP contribution < -0.4 is 0 Å². The van der Waals surface area contributed by atoms with Crippen LogP contribution in [0.25, 0.3) is 0 Å². The maximum Gasteiger partial charge on any atom is 0.116 e. The van der Waals surface area contributed by atoms with Gasteiger partial charge in [-0.2, -0.15) is 0 Å². The Morgan fingerprint density at radius 1 is 1.67 bits per heavy atom. The van der Waals surface area contributed by atoms with Crippen molar-refractivity contribution >= 4 is 6.21 Å². The molecule has 2 nitrogen and oxygen atoms in total. The number of rotatable bonds is 5. The first-order valence-corrected chi connectivity index (χ1v) is 3.34. The Balaban J connectivity index is 2.86. The van der Waals surface area contributed by atoms with Crippen molar-refractivity contribution < 1.29 is 4.84 Å². The van der Waals surface area contributed by atoms with E-state index >= 15 is 0 Å². The van der Waals surface area contributed by atoms with E-state index in [1.54, 1.807) is 6.21 Å². The molecule has 0 aromatic heterocycles. The smallest absolute Gasteiger partial charge is 0.116 e. The molecule has 1 radical (unpaired) electrons. The van der Waals surface area contributed by atoms with Gasteiger partial charge in [0.2, 0.25) is 0 Å². The second-order valence-electron chi connectivity index (χ2n) is 1.76. The van der Waals surface area contributed by atoms with Crippen LogP contribution in [-0.4, -0.2) is 12.8 Å². The normalized spacial score (nSPS) is 10.4. The predicted molar refractivity (Wildman–Crippen MR) is 39.3 cm³/mol. The molecule has 0 saturated carbocycles. The molecular formula is C7H14NO. The lowest BCUT2D eigenvalue weighted by Gasteiger charge is -1.91. The van der Waals surface area contributed by atoms with E-state index < -0.39 is 0 Å². The third kappa shape index (κ3) is 7.47. The van der Waals surface area contributed by atoms with E-state index in [2.05, 4.69) is 19.0 Å². The zero-order valence-electron chi connectivity index (χ0n) is 5.97. The number of unbranched alkanes of at least 4 members (excludes halogenated alkanes) is 1. The Bertz CT molecular complexity index is 71.3. The van der Waals surface area contributed by atoms with Crippen molar-refractivity contribution in [3.63, 3.8) is 0 Å². The number of nitrogens with zero attached hydrogens (tertiary/aromatic N) is 1. The molecule has 0 aliphatic heterocycles. The number of oxime groups is 1. The Hall–Kier alpha value is -0.530. The molecule has 0 aliphatic rings. The van der Waals surface area contributed by atoms with Gasteiger partial charge in [0.05, 0.1) is 0 Å². The fraction of sp³-hybridized carbons (Fsp3) is 0.714. The monoisotopic (exact) mass is 128 g/mol. The van der Waals surface area contributed by atoms with Gasteiger partial charge >= 0.3 is 0 Å². The van der Waals surface area contributed by atoms with Gasteiger partial charge < -0.3 is 4.84 Å². The molecule has 0 fully saturated rings. The lowest BCUT2D eigenvalue weighted by atomic mass is 10.4. The molecule has 9 heavy (non-hydrogen) atoms. The van der Waals surface area contributed by atoms with Crippen LogP contribution in [0.15, 0.2) is 5.16 Å². The molecule has 0 amide bonds. The maximum atomic E-state index is 4.83. The second kappa shape index (κ2) is 7.47.